The molecule has 35 heavy (non-hydrogen) atoms. The third-order valence-corrected chi connectivity index (χ3v) is 6.67. The van der Waals surface area contributed by atoms with Crippen molar-refractivity contribution in [2.24, 2.45) is 5.73 Å². The summed E-state index contributed by atoms with van der Waals surface area (Å²) in [6, 6.07) is 3.22. The summed E-state index contributed by atoms with van der Waals surface area (Å²) in [5.74, 6) is -10.3. The van der Waals surface area contributed by atoms with E-state index in [1.165, 1.54) is 24.6 Å². The van der Waals surface area contributed by atoms with Gasteiger partial charge in [0.1, 0.15) is 11.2 Å². The van der Waals surface area contributed by atoms with E-state index in [2.05, 4.69) is 10.6 Å². The number of nitrogens with two attached hydrogens (primary N) is 1. The fraction of sp³-hybridized carbons (Fsp3) is 0.391. The number of rotatable bonds is 6. The number of carbonyl (C=O) groups is 4. The fourth-order valence-electron chi connectivity index (χ4n) is 5.18. The number of nitrogens with zero attached hydrogens (tertiary/aromatic N) is 1. The largest absolute Gasteiger partial charge is 0.364 e. The number of Topliss-reactive ketones (excluding diaryl/α,β-unsaturated/α-hetero) is 1. The Kier molecular flexibility index (Phi) is 5.73. The van der Waals surface area contributed by atoms with Gasteiger partial charge in [-0.15, -0.1) is 0 Å². The van der Waals surface area contributed by atoms with Crippen LogP contribution in [0.2, 0.25) is 0 Å². The van der Waals surface area contributed by atoms with E-state index in [1.54, 1.807) is 0 Å². The molecule has 0 radical (unpaired) electrons. The van der Waals surface area contributed by atoms with Gasteiger partial charge in [-0.3, -0.25) is 19.2 Å². The number of halogens is 4. The van der Waals surface area contributed by atoms with Gasteiger partial charge in [0.2, 0.25) is 5.91 Å². The summed E-state index contributed by atoms with van der Waals surface area (Å²) in [7, 11) is 1.21. The monoisotopic (exact) mass is 494 g/mol. The van der Waals surface area contributed by atoms with E-state index in [0.717, 1.165) is 12.1 Å². The van der Waals surface area contributed by atoms with Crippen molar-refractivity contribution in [3.05, 3.63) is 57.9 Å². The molecule has 0 saturated heterocycles. The Bertz CT molecular complexity index is 1280. The first-order valence-corrected chi connectivity index (χ1v) is 10.8. The second-order valence-electron chi connectivity index (χ2n) is 8.92. The van der Waals surface area contributed by atoms with Crippen LogP contribution >= 0.6 is 0 Å². The zero-order chi connectivity index (χ0) is 25.9. The molecule has 4 rings (SSSR count). The standard InChI is InChI=1S/C23H22F4N4O4/c1-10-15(18(32)20(34)30-22(21(35)29-2)8-23(26,27)9-22)17-12(5-6-31(17)16(10)19(28)33)11-3-4-13(24)14(25)7-11/h3-4,7,12H,5-6,8-9H2,1-2H3,(H2,28,33)(H,29,35)(H,30,34). The molecule has 186 valence electrons. The highest BCUT2D eigenvalue weighted by molar-refractivity contribution is 6.44. The first kappa shape index (κ1) is 24.4. The van der Waals surface area contributed by atoms with Crippen LogP contribution < -0.4 is 16.4 Å². The molecule has 0 spiro atoms. The number of ketones is 1. The van der Waals surface area contributed by atoms with Crippen molar-refractivity contribution < 1.29 is 36.7 Å². The molecule has 2 heterocycles. The number of carbonyl (C=O) groups excluding carboxylic acids is 4. The van der Waals surface area contributed by atoms with Gasteiger partial charge in [-0.05, 0) is 36.6 Å². The number of likely N-dealkylation sites (N-methyl/N-ethyl adjacent to an activating group) is 1. The van der Waals surface area contributed by atoms with E-state index in [4.69, 9.17) is 5.73 Å². The summed E-state index contributed by atoms with van der Waals surface area (Å²) in [4.78, 5) is 50.7. The van der Waals surface area contributed by atoms with Crippen LogP contribution in [0.15, 0.2) is 18.2 Å². The quantitative estimate of drug-likeness (QED) is 0.323. The van der Waals surface area contributed by atoms with E-state index in [-0.39, 0.29) is 29.1 Å². The SMILES string of the molecule is CNC(=O)C1(NC(=O)C(=O)c2c(C)c(C(N)=O)n3c2C(c2ccc(F)c(F)c2)CC3)CC(F)(F)C1. The van der Waals surface area contributed by atoms with Crippen molar-refractivity contribution >= 4 is 23.5 Å². The number of nitrogens with one attached hydrogen (secondary N) is 2. The number of fused-ring (bicyclic) bond motifs is 1. The number of benzene rings is 1. The first-order valence-electron chi connectivity index (χ1n) is 10.8. The average Bonchev–Trinajstić information content (AvgIpc) is 3.29. The molecule has 1 aliphatic carbocycles. The van der Waals surface area contributed by atoms with Crippen molar-refractivity contribution in [2.75, 3.05) is 7.05 Å². The fourth-order valence-corrected chi connectivity index (χ4v) is 5.18. The zero-order valence-electron chi connectivity index (χ0n) is 18.8. The van der Waals surface area contributed by atoms with Crippen LogP contribution in [0.5, 0.6) is 0 Å². The molecule has 2 aromatic rings. The summed E-state index contributed by atoms with van der Waals surface area (Å²) in [5.41, 5.74) is 3.93. The number of amides is 3. The Morgan fingerprint density at radius 1 is 1.11 bits per heavy atom. The van der Waals surface area contributed by atoms with Crippen LogP contribution in [-0.2, 0) is 16.1 Å². The zero-order valence-corrected chi connectivity index (χ0v) is 18.8. The molecule has 12 heteroatoms. The molecule has 8 nitrogen and oxygen atoms in total. The van der Waals surface area contributed by atoms with Crippen molar-refractivity contribution in [1.29, 1.82) is 0 Å². The molecular weight excluding hydrogens is 472 g/mol. The Morgan fingerprint density at radius 2 is 1.77 bits per heavy atom. The minimum Gasteiger partial charge on any atom is -0.364 e. The Labute approximate surface area is 196 Å². The Morgan fingerprint density at radius 3 is 2.31 bits per heavy atom. The van der Waals surface area contributed by atoms with Gasteiger partial charge in [-0.2, -0.15) is 0 Å². The molecule has 1 saturated carbocycles. The van der Waals surface area contributed by atoms with Crippen molar-refractivity contribution in [3.63, 3.8) is 0 Å². The van der Waals surface area contributed by atoms with Gasteiger partial charge >= 0.3 is 0 Å². The summed E-state index contributed by atoms with van der Waals surface area (Å²) < 4.78 is 56.1. The molecule has 1 fully saturated rings. The number of primary amides is 1. The van der Waals surface area contributed by atoms with Gasteiger partial charge in [-0.1, -0.05) is 6.07 Å². The van der Waals surface area contributed by atoms with Crippen LogP contribution in [-0.4, -0.2) is 46.6 Å². The molecule has 0 bridgehead atoms. The number of aromatic nitrogens is 1. The van der Waals surface area contributed by atoms with Gasteiger partial charge in [0, 0.05) is 38.0 Å². The minimum atomic E-state index is -3.19. The van der Waals surface area contributed by atoms with E-state index in [0.29, 0.717) is 12.0 Å². The lowest BCUT2D eigenvalue weighted by Crippen LogP contribution is -2.69. The van der Waals surface area contributed by atoms with Crippen LogP contribution in [0.25, 0.3) is 0 Å². The second-order valence-corrected chi connectivity index (χ2v) is 8.92. The Hall–Kier alpha value is -3.70. The summed E-state index contributed by atoms with van der Waals surface area (Å²) in [5, 5.41) is 4.36. The lowest BCUT2D eigenvalue weighted by Gasteiger charge is -2.45. The highest BCUT2D eigenvalue weighted by Crippen LogP contribution is 2.46. The predicted molar refractivity (Wildman–Crippen MR) is 114 cm³/mol. The van der Waals surface area contributed by atoms with Gasteiger partial charge in [0.05, 0.1) is 5.56 Å². The highest BCUT2D eigenvalue weighted by Gasteiger charge is 2.62. The topological polar surface area (TPSA) is 123 Å². The first-order chi connectivity index (χ1) is 16.3. The van der Waals surface area contributed by atoms with Gasteiger partial charge in [0.15, 0.2) is 11.6 Å². The van der Waals surface area contributed by atoms with E-state index >= 15 is 0 Å². The third kappa shape index (κ3) is 3.86. The number of hydrogen-bond acceptors (Lipinski definition) is 4. The second kappa shape index (κ2) is 8.21. The van der Waals surface area contributed by atoms with Crippen LogP contribution in [0.4, 0.5) is 17.6 Å². The third-order valence-electron chi connectivity index (χ3n) is 6.67. The van der Waals surface area contributed by atoms with Crippen LogP contribution in [0.3, 0.4) is 0 Å². The molecule has 2 aliphatic rings. The van der Waals surface area contributed by atoms with Crippen LogP contribution in [0, 0.1) is 18.6 Å². The number of hydrogen-bond donors (Lipinski definition) is 3. The summed E-state index contributed by atoms with van der Waals surface area (Å²) in [6.07, 6.45) is -1.65. The maximum Gasteiger partial charge on any atom is 0.293 e. The smallest absolute Gasteiger partial charge is 0.293 e. The molecule has 1 aromatic heterocycles. The molecular formula is C23H22F4N4O4. The lowest BCUT2D eigenvalue weighted by atomic mass is 9.72. The maximum absolute atomic E-state index is 13.9. The molecule has 4 N–H and O–H groups in total. The van der Waals surface area contributed by atoms with E-state index < -0.39 is 65.4 Å². The van der Waals surface area contributed by atoms with Crippen molar-refractivity contribution in [2.45, 2.75) is 50.1 Å². The van der Waals surface area contributed by atoms with E-state index in [9.17, 15) is 36.7 Å². The molecule has 1 unspecified atom stereocenters. The number of alkyl halides is 2. The highest BCUT2D eigenvalue weighted by atomic mass is 19.3. The van der Waals surface area contributed by atoms with E-state index in [1.807, 2.05) is 0 Å². The minimum absolute atomic E-state index is 0.0302. The summed E-state index contributed by atoms with van der Waals surface area (Å²) >= 11 is 0. The molecule has 1 aliphatic heterocycles. The molecule has 3 amide bonds. The molecule has 1 aromatic carbocycles. The normalized spacial score (nSPS) is 19.4. The van der Waals surface area contributed by atoms with Crippen LogP contribution in [0.1, 0.15) is 62.8 Å². The molecule has 1 atom stereocenters. The summed E-state index contributed by atoms with van der Waals surface area (Å²) in [6.45, 7) is 1.61. The van der Waals surface area contributed by atoms with Crippen molar-refractivity contribution in [3.8, 4) is 0 Å². The van der Waals surface area contributed by atoms with Gasteiger partial charge in [0.25, 0.3) is 23.5 Å². The average molecular weight is 494 g/mol. The maximum atomic E-state index is 13.9. The predicted octanol–water partition coefficient (Wildman–Crippen LogP) is 1.92. The van der Waals surface area contributed by atoms with Crippen molar-refractivity contribution in [1.82, 2.24) is 15.2 Å². The van der Waals surface area contributed by atoms with Gasteiger partial charge < -0.3 is 20.9 Å². The lowest BCUT2D eigenvalue weighted by molar-refractivity contribution is -0.164. The van der Waals surface area contributed by atoms with Gasteiger partial charge in [-0.25, -0.2) is 17.6 Å². The Balaban J connectivity index is 1.76.